The molecular weight excluding hydrogens is 291 g/mol. The molecule has 112 valence electrons. The maximum atomic E-state index is 14.0. The van der Waals surface area contributed by atoms with Gasteiger partial charge >= 0.3 is 5.97 Å². The quantitative estimate of drug-likeness (QED) is 0.798. The minimum atomic E-state index is -0.408. The van der Waals surface area contributed by atoms with Crippen molar-refractivity contribution in [2.45, 2.75) is 19.5 Å². The molecule has 1 aromatic carbocycles. The number of esters is 1. The third-order valence-electron chi connectivity index (χ3n) is 3.35. The summed E-state index contributed by atoms with van der Waals surface area (Å²) in [6.07, 6.45) is 0. The van der Waals surface area contributed by atoms with E-state index in [0.29, 0.717) is 36.6 Å². The number of hydrogen-bond acceptors (Lipinski definition) is 5. The van der Waals surface area contributed by atoms with Gasteiger partial charge in [0.2, 0.25) is 0 Å². The highest BCUT2D eigenvalue weighted by atomic mass is 32.2. The number of ether oxygens (including phenoxy) is 1. The van der Waals surface area contributed by atoms with Crippen LogP contribution in [0.2, 0.25) is 0 Å². The maximum absolute atomic E-state index is 14.0. The fourth-order valence-electron chi connectivity index (χ4n) is 2.25. The van der Waals surface area contributed by atoms with E-state index in [4.69, 9.17) is 10.00 Å². The molecule has 0 N–H and O–H groups in total. The molecule has 1 fully saturated rings. The van der Waals surface area contributed by atoms with Crippen LogP contribution in [0.1, 0.15) is 18.1 Å². The van der Waals surface area contributed by atoms with Gasteiger partial charge in [0.25, 0.3) is 0 Å². The summed E-state index contributed by atoms with van der Waals surface area (Å²) in [5.41, 5.74) is 0.794. The molecule has 2 rings (SSSR count). The molecule has 0 amide bonds. The molecule has 0 spiro atoms. The van der Waals surface area contributed by atoms with Crippen molar-refractivity contribution >= 4 is 17.7 Å². The Hall–Kier alpha value is -1.58. The third kappa shape index (κ3) is 3.96. The van der Waals surface area contributed by atoms with E-state index < -0.39 is 5.82 Å². The topological polar surface area (TPSA) is 53.3 Å². The predicted octanol–water partition coefficient (Wildman–Crippen LogP) is 2.18. The van der Waals surface area contributed by atoms with Gasteiger partial charge in [-0.25, -0.2) is 4.39 Å². The van der Waals surface area contributed by atoms with E-state index in [1.807, 2.05) is 11.0 Å². The minimum absolute atomic E-state index is 0.251. The first-order valence-electron chi connectivity index (χ1n) is 6.82. The van der Waals surface area contributed by atoms with Crippen molar-refractivity contribution in [3.63, 3.8) is 0 Å². The number of thioether (sulfide) groups is 1. The molecule has 0 radical (unpaired) electrons. The van der Waals surface area contributed by atoms with Gasteiger partial charge in [-0.05, 0) is 19.1 Å². The lowest BCUT2D eigenvalue weighted by Gasteiger charge is -2.33. The van der Waals surface area contributed by atoms with Gasteiger partial charge in [-0.1, -0.05) is 6.07 Å². The SMILES string of the molecule is CCOC(=O)[C@H]1CSCCN1Cc1ccc(C#N)cc1F. The standard InChI is InChI=1S/C15H17FN2O2S/c1-2-20-15(19)14-10-21-6-5-18(14)9-12-4-3-11(8-17)7-13(12)16/h3-4,7,14H,2,5-6,9-10H2,1H3/t14-/m1/s1. The van der Waals surface area contributed by atoms with Gasteiger partial charge in [0.1, 0.15) is 11.9 Å². The van der Waals surface area contributed by atoms with Crippen LogP contribution in [0.25, 0.3) is 0 Å². The van der Waals surface area contributed by atoms with E-state index in [1.165, 1.54) is 6.07 Å². The van der Waals surface area contributed by atoms with E-state index in [0.717, 1.165) is 5.75 Å². The second kappa shape index (κ2) is 7.43. The second-order valence-corrected chi connectivity index (χ2v) is 5.88. The van der Waals surface area contributed by atoms with Crippen molar-refractivity contribution < 1.29 is 13.9 Å². The molecule has 1 heterocycles. The van der Waals surface area contributed by atoms with Crippen LogP contribution >= 0.6 is 11.8 Å². The molecule has 0 aliphatic carbocycles. The third-order valence-corrected chi connectivity index (χ3v) is 4.38. The first kappa shape index (κ1) is 15.8. The first-order chi connectivity index (χ1) is 10.2. The molecular formula is C15H17FN2O2S. The van der Waals surface area contributed by atoms with Crippen LogP contribution in [0.3, 0.4) is 0 Å². The van der Waals surface area contributed by atoms with E-state index in [9.17, 15) is 9.18 Å². The van der Waals surface area contributed by atoms with E-state index in [2.05, 4.69) is 0 Å². The molecule has 1 saturated heterocycles. The van der Waals surface area contributed by atoms with Gasteiger partial charge in [0.05, 0.1) is 18.2 Å². The second-order valence-electron chi connectivity index (χ2n) is 4.73. The van der Waals surface area contributed by atoms with Crippen molar-refractivity contribution in [1.82, 2.24) is 4.90 Å². The van der Waals surface area contributed by atoms with Crippen LogP contribution in [-0.4, -0.2) is 41.6 Å². The molecule has 1 aromatic rings. The molecule has 0 bridgehead atoms. The molecule has 1 atom stereocenters. The highest BCUT2D eigenvalue weighted by molar-refractivity contribution is 7.99. The number of benzene rings is 1. The number of rotatable bonds is 4. The normalized spacial score (nSPS) is 19.0. The lowest BCUT2D eigenvalue weighted by atomic mass is 10.1. The molecule has 1 aliphatic rings. The molecule has 1 aliphatic heterocycles. The number of carbonyl (C=O) groups is 1. The number of carbonyl (C=O) groups excluding carboxylic acids is 1. The van der Waals surface area contributed by atoms with Gasteiger partial charge in [-0.15, -0.1) is 0 Å². The fourth-order valence-corrected chi connectivity index (χ4v) is 3.35. The largest absolute Gasteiger partial charge is 0.465 e. The zero-order chi connectivity index (χ0) is 15.2. The van der Waals surface area contributed by atoms with Crippen molar-refractivity contribution in [3.8, 4) is 6.07 Å². The van der Waals surface area contributed by atoms with Crippen molar-refractivity contribution in [2.75, 3.05) is 24.7 Å². The molecule has 4 nitrogen and oxygen atoms in total. The van der Waals surface area contributed by atoms with Crippen LogP contribution in [0.5, 0.6) is 0 Å². The smallest absolute Gasteiger partial charge is 0.324 e. The number of halogens is 1. The van der Waals surface area contributed by atoms with Gasteiger partial charge in [-0.2, -0.15) is 17.0 Å². The summed E-state index contributed by atoms with van der Waals surface area (Å²) in [4.78, 5) is 13.9. The summed E-state index contributed by atoms with van der Waals surface area (Å²) in [6.45, 7) is 3.19. The fraction of sp³-hybridized carbons (Fsp3) is 0.467. The molecule has 0 aromatic heterocycles. The van der Waals surface area contributed by atoms with E-state index >= 15 is 0 Å². The molecule has 0 unspecified atom stereocenters. The average Bonchev–Trinajstić information content (AvgIpc) is 2.50. The Bertz CT molecular complexity index is 559. The lowest BCUT2D eigenvalue weighted by molar-refractivity contribution is -0.148. The van der Waals surface area contributed by atoms with E-state index in [-0.39, 0.29) is 12.0 Å². The van der Waals surface area contributed by atoms with E-state index in [1.54, 1.807) is 30.8 Å². The number of nitriles is 1. The summed E-state index contributed by atoms with van der Waals surface area (Å²) >= 11 is 1.70. The molecule has 6 heteroatoms. The summed E-state index contributed by atoms with van der Waals surface area (Å²) in [7, 11) is 0. The molecule has 21 heavy (non-hydrogen) atoms. The van der Waals surface area contributed by atoms with Crippen molar-refractivity contribution in [2.24, 2.45) is 0 Å². The summed E-state index contributed by atoms with van der Waals surface area (Å²) in [5.74, 6) is 0.915. The summed E-state index contributed by atoms with van der Waals surface area (Å²) in [5, 5.41) is 8.76. The van der Waals surface area contributed by atoms with Crippen LogP contribution in [0, 0.1) is 17.1 Å². The summed E-state index contributed by atoms with van der Waals surface area (Å²) < 4.78 is 19.1. The number of nitrogens with zero attached hydrogens (tertiary/aromatic N) is 2. The van der Waals surface area contributed by atoms with Crippen LogP contribution in [0.4, 0.5) is 4.39 Å². The highest BCUT2D eigenvalue weighted by Crippen LogP contribution is 2.21. The van der Waals surface area contributed by atoms with Gasteiger partial charge < -0.3 is 4.74 Å². The van der Waals surface area contributed by atoms with Crippen LogP contribution in [-0.2, 0) is 16.1 Å². The zero-order valence-electron chi connectivity index (χ0n) is 11.8. The Morgan fingerprint density at radius 3 is 3.10 bits per heavy atom. The first-order valence-corrected chi connectivity index (χ1v) is 7.98. The van der Waals surface area contributed by atoms with Crippen LogP contribution in [0.15, 0.2) is 18.2 Å². The zero-order valence-corrected chi connectivity index (χ0v) is 12.7. The van der Waals surface area contributed by atoms with Crippen LogP contribution < -0.4 is 0 Å². The predicted molar refractivity (Wildman–Crippen MR) is 79.3 cm³/mol. The Kier molecular flexibility index (Phi) is 5.59. The van der Waals surface area contributed by atoms with Gasteiger partial charge in [0, 0.05) is 30.2 Å². The Morgan fingerprint density at radius 2 is 2.43 bits per heavy atom. The highest BCUT2D eigenvalue weighted by Gasteiger charge is 2.30. The van der Waals surface area contributed by atoms with Gasteiger partial charge in [-0.3, -0.25) is 9.69 Å². The van der Waals surface area contributed by atoms with Gasteiger partial charge in [0.15, 0.2) is 0 Å². The summed E-state index contributed by atoms with van der Waals surface area (Å²) in [6, 6.07) is 6.01. The monoisotopic (exact) mass is 308 g/mol. The Labute approximate surface area is 127 Å². The van der Waals surface area contributed by atoms with Crippen molar-refractivity contribution in [1.29, 1.82) is 5.26 Å². The minimum Gasteiger partial charge on any atom is -0.465 e. The number of hydrogen-bond donors (Lipinski definition) is 0. The maximum Gasteiger partial charge on any atom is 0.324 e. The molecule has 0 saturated carbocycles. The average molecular weight is 308 g/mol. The Morgan fingerprint density at radius 1 is 1.62 bits per heavy atom. The van der Waals surface area contributed by atoms with Crippen molar-refractivity contribution in [3.05, 3.63) is 35.1 Å². The Balaban J connectivity index is 2.12. The lowest BCUT2D eigenvalue weighted by Crippen LogP contribution is -2.47.